The highest BCUT2D eigenvalue weighted by atomic mass is 16.5. The molecule has 25 heavy (non-hydrogen) atoms. The van der Waals surface area contributed by atoms with Crippen LogP contribution in [0.2, 0.25) is 0 Å². The smallest absolute Gasteiger partial charge is 0.227 e. The second-order valence-corrected chi connectivity index (χ2v) is 7.16. The van der Waals surface area contributed by atoms with E-state index in [4.69, 9.17) is 4.52 Å². The normalized spacial score (nSPS) is 16.5. The van der Waals surface area contributed by atoms with Gasteiger partial charge in [0.05, 0.1) is 12.2 Å². The molecule has 0 unspecified atom stereocenters. The van der Waals surface area contributed by atoms with Crippen LogP contribution in [0, 0.1) is 0 Å². The van der Waals surface area contributed by atoms with Gasteiger partial charge in [0.15, 0.2) is 5.82 Å². The van der Waals surface area contributed by atoms with Gasteiger partial charge >= 0.3 is 0 Å². The highest BCUT2D eigenvalue weighted by Crippen LogP contribution is 2.32. The average molecular weight is 345 g/mol. The Morgan fingerprint density at radius 1 is 1.36 bits per heavy atom. The fraction of sp³-hybridized carbons (Fsp3) is 0.667. The number of amides is 1. The molecule has 0 aliphatic heterocycles. The van der Waals surface area contributed by atoms with E-state index in [0.717, 1.165) is 24.2 Å². The Bertz CT molecular complexity index is 700. The maximum absolute atomic E-state index is 12.2. The Morgan fingerprint density at radius 2 is 2.12 bits per heavy atom. The summed E-state index contributed by atoms with van der Waals surface area (Å²) in [5, 5.41) is 11.4. The van der Waals surface area contributed by atoms with Crippen molar-refractivity contribution in [3.05, 3.63) is 29.7 Å². The first-order valence-electron chi connectivity index (χ1n) is 9.19. The van der Waals surface area contributed by atoms with Crippen molar-refractivity contribution in [3.63, 3.8) is 0 Å². The van der Waals surface area contributed by atoms with Gasteiger partial charge in [0, 0.05) is 36.6 Å². The number of carbonyl (C=O) groups excluding carboxylic acids is 1. The summed E-state index contributed by atoms with van der Waals surface area (Å²) in [5.41, 5.74) is 1.00. The third kappa shape index (κ3) is 4.46. The summed E-state index contributed by atoms with van der Waals surface area (Å²) in [5.74, 6) is 1.77. The number of hydrogen-bond acceptors (Lipinski definition) is 5. The second-order valence-electron chi connectivity index (χ2n) is 7.16. The summed E-state index contributed by atoms with van der Waals surface area (Å²) in [7, 11) is 0. The second kappa shape index (κ2) is 7.80. The molecule has 0 spiro atoms. The predicted octanol–water partition coefficient (Wildman–Crippen LogP) is 3.31. The van der Waals surface area contributed by atoms with Crippen molar-refractivity contribution in [1.29, 1.82) is 0 Å². The van der Waals surface area contributed by atoms with Gasteiger partial charge in [-0.3, -0.25) is 9.48 Å². The molecule has 1 aliphatic carbocycles. The number of nitrogens with one attached hydrogen (secondary N) is 1. The number of aromatic nitrogens is 4. The van der Waals surface area contributed by atoms with E-state index in [1.54, 1.807) is 6.20 Å². The third-order valence-corrected chi connectivity index (χ3v) is 4.80. The van der Waals surface area contributed by atoms with Crippen molar-refractivity contribution in [1.82, 2.24) is 25.2 Å². The van der Waals surface area contributed by atoms with Crippen LogP contribution in [-0.4, -0.2) is 25.8 Å². The summed E-state index contributed by atoms with van der Waals surface area (Å²) in [4.78, 5) is 16.6. The van der Waals surface area contributed by atoms with Gasteiger partial charge in [-0.25, -0.2) is 0 Å². The van der Waals surface area contributed by atoms with E-state index in [9.17, 15) is 4.79 Å². The lowest BCUT2D eigenvalue weighted by molar-refractivity contribution is -0.121. The van der Waals surface area contributed by atoms with Crippen molar-refractivity contribution in [3.8, 4) is 0 Å². The molecule has 0 saturated heterocycles. The fourth-order valence-corrected chi connectivity index (χ4v) is 3.20. The highest BCUT2D eigenvalue weighted by molar-refractivity contribution is 5.76. The van der Waals surface area contributed by atoms with Crippen LogP contribution in [0.25, 0.3) is 0 Å². The average Bonchev–Trinajstić information content (AvgIpc) is 3.33. The van der Waals surface area contributed by atoms with Crippen LogP contribution >= 0.6 is 0 Å². The molecular formula is C18H27N5O2. The Balaban J connectivity index is 1.47. The number of rotatable bonds is 7. The Labute approximate surface area is 148 Å². The lowest BCUT2D eigenvalue weighted by Gasteiger charge is -2.11. The van der Waals surface area contributed by atoms with Gasteiger partial charge in [0.25, 0.3) is 0 Å². The molecule has 1 N–H and O–H groups in total. The molecule has 7 nitrogen and oxygen atoms in total. The van der Waals surface area contributed by atoms with Crippen LogP contribution in [0.5, 0.6) is 0 Å². The zero-order chi connectivity index (χ0) is 17.8. The van der Waals surface area contributed by atoms with Crippen molar-refractivity contribution in [2.45, 2.75) is 77.3 Å². The van der Waals surface area contributed by atoms with Crippen molar-refractivity contribution in [2.24, 2.45) is 0 Å². The van der Waals surface area contributed by atoms with E-state index in [1.807, 2.05) is 17.8 Å². The molecule has 0 aromatic carbocycles. The summed E-state index contributed by atoms with van der Waals surface area (Å²) in [6.07, 6.45) is 9.35. The molecule has 2 aromatic heterocycles. The molecule has 0 radical (unpaired) electrons. The SMILES string of the molecule is CC(C)n1cc([C@H](C)NC(=O)CCc2nc(C3CCCC3)no2)cn1. The monoisotopic (exact) mass is 345 g/mol. The Morgan fingerprint density at radius 3 is 2.80 bits per heavy atom. The Kier molecular flexibility index (Phi) is 5.50. The molecule has 7 heteroatoms. The van der Waals surface area contributed by atoms with E-state index in [1.165, 1.54) is 12.8 Å². The number of hydrogen-bond donors (Lipinski definition) is 1. The molecule has 1 aliphatic rings. The van der Waals surface area contributed by atoms with Crippen molar-refractivity contribution in [2.75, 3.05) is 0 Å². The Hall–Kier alpha value is -2.18. The maximum Gasteiger partial charge on any atom is 0.227 e. The molecule has 1 fully saturated rings. The van der Waals surface area contributed by atoms with Crippen LogP contribution in [0.4, 0.5) is 0 Å². The lowest BCUT2D eigenvalue weighted by Crippen LogP contribution is -2.26. The van der Waals surface area contributed by atoms with E-state index in [0.29, 0.717) is 30.7 Å². The van der Waals surface area contributed by atoms with E-state index in [2.05, 4.69) is 34.4 Å². The van der Waals surface area contributed by atoms with E-state index >= 15 is 0 Å². The van der Waals surface area contributed by atoms with Gasteiger partial charge in [-0.2, -0.15) is 10.1 Å². The molecule has 1 amide bonds. The lowest BCUT2D eigenvalue weighted by atomic mass is 10.1. The number of carbonyl (C=O) groups is 1. The van der Waals surface area contributed by atoms with Gasteiger partial charge in [0.1, 0.15) is 0 Å². The first kappa shape index (κ1) is 17.6. The minimum Gasteiger partial charge on any atom is -0.349 e. The summed E-state index contributed by atoms with van der Waals surface area (Å²) in [6, 6.07) is 0.236. The molecular weight excluding hydrogens is 318 g/mol. The standard InChI is InChI=1S/C18H27N5O2/c1-12(2)23-11-15(10-19-23)13(3)20-16(24)8-9-17-21-18(22-25-17)14-6-4-5-7-14/h10-14H,4-9H2,1-3H3,(H,20,24)/t13-/m0/s1. The minimum absolute atomic E-state index is 0.0228. The maximum atomic E-state index is 12.2. The van der Waals surface area contributed by atoms with Crippen molar-refractivity contribution < 1.29 is 9.32 Å². The van der Waals surface area contributed by atoms with Crippen LogP contribution < -0.4 is 5.32 Å². The summed E-state index contributed by atoms with van der Waals surface area (Å²) >= 11 is 0. The number of aryl methyl sites for hydroxylation is 1. The molecule has 1 atom stereocenters. The predicted molar refractivity (Wildman–Crippen MR) is 93.0 cm³/mol. The first-order chi connectivity index (χ1) is 12.0. The van der Waals surface area contributed by atoms with E-state index in [-0.39, 0.29) is 11.9 Å². The van der Waals surface area contributed by atoms with E-state index < -0.39 is 0 Å². The van der Waals surface area contributed by atoms with Crippen LogP contribution in [0.3, 0.4) is 0 Å². The quantitative estimate of drug-likeness (QED) is 0.832. The molecule has 0 bridgehead atoms. The van der Waals surface area contributed by atoms with Gasteiger partial charge < -0.3 is 9.84 Å². The zero-order valence-electron chi connectivity index (χ0n) is 15.2. The first-order valence-corrected chi connectivity index (χ1v) is 9.19. The summed E-state index contributed by atoms with van der Waals surface area (Å²) in [6.45, 7) is 6.11. The van der Waals surface area contributed by atoms with Crippen LogP contribution in [0.1, 0.15) is 88.2 Å². The highest BCUT2D eigenvalue weighted by Gasteiger charge is 2.22. The van der Waals surface area contributed by atoms with Crippen LogP contribution in [-0.2, 0) is 11.2 Å². The van der Waals surface area contributed by atoms with Gasteiger partial charge in [-0.15, -0.1) is 0 Å². The van der Waals surface area contributed by atoms with Crippen molar-refractivity contribution >= 4 is 5.91 Å². The zero-order valence-corrected chi connectivity index (χ0v) is 15.2. The van der Waals surface area contributed by atoms with Gasteiger partial charge in [-0.05, 0) is 33.6 Å². The van der Waals surface area contributed by atoms with Gasteiger partial charge in [0.2, 0.25) is 11.8 Å². The summed E-state index contributed by atoms with van der Waals surface area (Å²) < 4.78 is 7.18. The minimum atomic E-state index is -0.0725. The fourth-order valence-electron chi connectivity index (χ4n) is 3.20. The topological polar surface area (TPSA) is 85.8 Å². The molecule has 3 rings (SSSR count). The molecule has 2 aromatic rings. The number of nitrogens with zero attached hydrogens (tertiary/aromatic N) is 4. The van der Waals surface area contributed by atoms with Crippen LogP contribution in [0.15, 0.2) is 16.9 Å². The molecule has 2 heterocycles. The molecule has 136 valence electrons. The van der Waals surface area contributed by atoms with Gasteiger partial charge in [-0.1, -0.05) is 18.0 Å². The third-order valence-electron chi connectivity index (χ3n) is 4.80. The largest absolute Gasteiger partial charge is 0.349 e. The molecule has 1 saturated carbocycles.